The zero-order valence-corrected chi connectivity index (χ0v) is 10.6. The number of ether oxygens (including phenoxy) is 2. The minimum atomic E-state index is 0.416. The van der Waals surface area contributed by atoms with Gasteiger partial charge < -0.3 is 15.2 Å². The maximum absolute atomic E-state index is 5.74. The van der Waals surface area contributed by atoms with Crippen molar-refractivity contribution in [2.24, 2.45) is 12.8 Å². The molecule has 2 N–H and O–H groups in total. The maximum atomic E-state index is 5.74. The number of aromatic nitrogens is 2. The van der Waals surface area contributed by atoms with Gasteiger partial charge in [-0.1, -0.05) is 0 Å². The molecule has 18 heavy (non-hydrogen) atoms. The van der Waals surface area contributed by atoms with Crippen LogP contribution in [0.2, 0.25) is 0 Å². The fourth-order valence-electron chi connectivity index (χ4n) is 1.69. The summed E-state index contributed by atoms with van der Waals surface area (Å²) in [5.41, 5.74) is 7.65. The van der Waals surface area contributed by atoms with Gasteiger partial charge in [0.25, 0.3) is 0 Å². The number of rotatable bonds is 5. The van der Waals surface area contributed by atoms with E-state index >= 15 is 0 Å². The number of nitrogens with two attached hydrogens (primary N) is 1. The Balaban J connectivity index is 2.08. The van der Waals surface area contributed by atoms with Crippen LogP contribution in [0.5, 0.6) is 11.5 Å². The SMILES string of the molecule is COc1ccc(OCc2cnn(C)c2)c(CN)c1. The molecule has 0 aliphatic rings. The molecule has 5 nitrogen and oxygen atoms in total. The van der Waals surface area contributed by atoms with Crippen LogP contribution in [0.25, 0.3) is 0 Å². The molecule has 0 radical (unpaired) electrons. The molecule has 1 aromatic heterocycles. The van der Waals surface area contributed by atoms with Gasteiger partial charge in [-0.2, -0.15) is 5.10 Å². The summed E-state index contributed by atoms with van der Waals surface area (Å²) in [4.78, 5) is 0. The molecule has 1 heterocycles. The summed E-state index contributed by atoms with van der Waals surface area (Å²) in [7, 11) is 3.51. The Bertz CT molecular complexity index is 523. The second-order valence-corrected chi connectivity index (χ2v) is 3.99. The predicted octanol–water partition coefficient (Wildman–Crippen LogP) is 1.47. The van der Waals surface area contributed by atoms with Crippen LogP contribution in [0.1, 0.15) is 11.1 Å². The van der Waals surface area contributed by atoms with Gasteiger partial charge in [-0.3, -0.25) is 4.68 Å². The molecule has 0 amide bonds. The fourth-order valence-corrected chi connectivity index (χ4v) is 1.69. The van der Waals surface area contributed by atoms with E-state index in [1.165, 1.54) is 0 Å². The lowest BCUT2D eigenvalue weighted by atomic mass is 10.2. The highest BCUT2D eigenvalue weighted by atomic mass is 16.5. The average Bonchev–Trinajstić information content (AvgIpc) is 2.82. The highest BCUT2D eigenvalue weighted by Crippen LogP contribution is 2.24. The number of hydrogen-bond acceptors (Lipinski definition) is 4. The highest BCUT2D eigenvalue weighted by Gasteiger charge is 2.05. The molecule has 0 aliphatic carbocycles. The van der Waals surface area contributed by atoms with E-state index in [1.807, 2.05) is 31.4 Å². The van der Waals surface area contributed by atoms with Crippen molar-refractivity contribution < 1.29 is 9.47 Å². The van der Waals surface area contributed by atoms with Gasteiger partial charge in [0.2, 0.25) is 0 Å². The second kappa shape index (κ2) is 5.55. The Kier molecular flexibility index (Phi) is 3.84. The van der Waals surface area contributed by atoms with Crippen LogP contribution >= 0.6 is 0 Å². The quantitative estimate of drug-likeness (QED) is 0.869. The molecular weight excluding hydrogens is 230 g/mol. The van der Waals surface area contributed by atoms with Crippen LogP contribution in [0.3, 0.4) is 0 Å². The molecule has 0 atom stereocenters. The molecule has 0 saturated carbocycles. The first-order valence-corrected chi connectivity index (χ1v) is 5.70. The molecule has 2 rings (SSSR count). The zero-order chi connectivity index (χ0) is 13.0. The van der Waals surface area contributed by atoms with E-state index in [1.54, 1.807) is 18.0 Å². The molecule has 0 unspecified atom stereocenters. The molecule has 2 aromatic rings. The van der Waals surface area contributed by atoms with Crippen LogP contribution in [0, 0.1) is 0 Å². The van der Waals surface area contributed by atoms with E-state index in [9.17, 15) is 0 Å². The van der Waals surface area contributed by atoms with E-state index in [0.29, 0.717) is 13.2 Å². The number of benzene rings is 1. The van der Waals surface area contributed by atoms with Crippen LogP contribution < -0.4 is 15.2 Å². The van der Waals surface area contributed by atoms with Gasteiger partial charge in [-0.15, -0.1) is 0 Å². The first-order valence-electron chi connectivity index (χ1n) is 5.70. The van der Waals surface area contributed by atoms with E-state index in [4.69, 9.17) is 15.2 Å². The molecule has 5 heteroatoms. The lowest BCUT2D eigenvalue weighted by Gasteiger charge is -2.11. The van der Waals surface area contributed by atoms with Crippen molar-refractivity contribution in [3.05, 3.63) is 41.7 Å². The second-order valence-electron chi connectivity index (χ2n) is 3.99. The molecular formula is C13H17N3O2. The summed E-state index contributed by atoms with van der Waals surface area (Å²) in [6, 6.07) is 5.62. The summed E-state index contributed by atoms with van der Waals surface area (Å²) in [5, 5.41) is 4.09. The van der Waals surface area contributed by atoms with Crippen LogP contribution in [0.15, 0.2) is 30.6 Å². The Morgan fingerprint density at radius 3 is 2.83 bits per heavy atom. The molecule has 0 saturated heterocycles. The Morgan fingerprint density at radius 1 is 1.39 bits per heavy atom. The lowest BCUT2D eigenvalue weighted by molar-refractivity contribution is 0.302. The van der Waals surface area contributed by atoms with Crippen molar-refractivity contribution in [2.45, 2.75) is 13.2 Å². The third-order valence-electron chi connectivity index (χ3n) is 2.64. The maximum Gasteiger partial charge on any atom is 0.124 e. The Hall–Kier alpha value is -2.01. The van der Waals surface area contributed by atoms with Gasteiger partial charge in [0.15, 0.2) is 0 Å². The summed E-state index contributed by atoms with van der Waals surface area (Å²) in [5.74, 6) is 1.56. The molecule has 0 fully saturated rings. The summed E-state index contributed by atoms with van der Waals surface area (Å²) in [6.45, 7) is 0.896. The predicted molar refractivity (Wildman–Crippen MR) is 68.4 cm³/mol. The van der Waals surface area contributed by atoms with Crippen molar-refractivity contribution in [1.82, 2.24) is 9.78 Å². The van der Waals surface area contributed by atoms with Gasteiger partial charge in [0.05, 0.1) is 13.3 Å². The summed E-state index contributed by atoms with van der Waals surface area (Å²) >= 11 is 0. The van der Waals surface area contributed by atoms with Crippen molar-refractivity contribution in [2.75, 3.05) is 7.11 Å². The Morgan fingerprint density at radius 2 is 2.22 bits per heavy atom. The van der Waals surface area contributed by atoms with Gasteiger partial charge in [0.1, 0.15) is 18.1 Å². The third kappa shape index (κ3) is 2.81. The van der Waals surface area contributed by atoms with E-state index < -0.39 is 0 Å². The van der Waals surface area contributed by atoms with Crippen LogP contribution in [-0.2, 0) is 20.2 Å². The van der Waals surface area contributed by atoms with Gasteiger partial charge >= 0.3 is 0 Å². The Labute approximate surface area is 106 Å². The highest BCUT2D eigenvalue weighted by molar-refractivity contribution is 5.40. The smallest absolute Gasteiger partial charge is 0.124 e. The minimum Gasteiger partial charge on any atom is -0.497 e. The lowest BCUT2D eigenvalue weighted by Crippen LogP contribution is -2.03. The first kappa shape index (κ1) is 12.4. The van der Waals surface area contributed by atoms with Gasteiger partial charge in [-0.05, 0) is 18.2 Å². The van der Waals surface area contributed by atoms with E-state index in [0.717, 1.165) is 22.6 Å². The fraction of sp³-hybridized carbons (Fsp3) is 0.308. The zero-order valence-electron chi connectivity index (χ0n) is 10.6. The average molecular weight is 247 g/mol. The van der Waals surface area contributed by atoms with E-state index in [-0.39, 0.29) is 0 Å². The normalized spacial score (nSPS) is 10.4. The summed E-state index contributed by atoms with van der Waals surface area (Å²) in [6.07, 6.45) is 3.71. The third-order valence-corrected chi connectivity index (χ3v) is 2.64. The number of methoxy groups -OCH3 is 1. The van der Waals surface area contributed by atoms with Crippen molar-refractivity contribution in [1.29, 1.82) is 0 Å². The number of aryl methyl sites for hydroxylation is 1. The molecule has 0 aliphatic heterocycles. The molecule has 0 bridgehead atoms. The minimum absolute atomic E-state index is 0.416. The van der Waals surface area contributed by atoms with E-state index in [2.05, 4.69) is 5.10 Å². The first-order chi connectivity index (χ1) is 8.72. The standard InChI is InChI=1S/C13H17N3O2/c1-16-8-10(7-15-16)9-18-13-4-3-12(17-2)5-11(13)6-14/h3-5,7-8H,6,9,14H2,1-2H3. The summed E-state index contributed by atoms with van der Waals surface area (Å²) < 4.78 is 12.6. The molecule has 1 aromatic carbocycles. The van der Waals surface area contributed by atoms with Gasteiger partial charge in [-0.25, -0.2) is 0 Å². The molecule has 0 spiro atoms. The van der Waals surface area contributed by atoms with Gasteiger partial charge in [0, 0.05) is 30.9 Å². The monoisotopic (exact) mass is 247 g/mol. The van der Waals surface area contributed by atoms with Crippen LogP contribution in [0.4, 0.5) is 0 Å². The number of hydrogen-bond donors (Lipinski definition) is 1. The van der Waals surface area contributed by atoms with Crippen molar-refractivity contribution in [3.63, 3.8) is 0 Å². The van der Waals surface area contributed by atoms with Crippen molar-refractivity contribution >= 4 is 0 Å². The van der Waals surface area contributed by atoms with Crippen LogP contribution in [-0.4, -0.2) is 16.9 Å². The topological polar surface area (TPSA) is 62.3 Å². The largest absolute Gasteiger partial charge is 0.497 e. The van der Waals surface area contributed by atoms with Crippen molar-refractivity contribution in [3.8, 4) is 11.5 Å². The molecule has 96 valence electrons. The number of nitrogens with zero attached hydrogens (tertiary/aromatic N) is 2.